The molecule has 1 aromatic rings. The van der Waals surface area contributed by atoms with E-state index in [1.54, 1.807) is 14.2 Å². The van der Waals surface area contributed by atoms with Crippen LogP contribution in [0, 0.1) is 0 Å². The maximum atomic E-state index is 5.97. The van der Waals surface area contributed by atoms with E-state index < -0.39 is 0 Å². The topological polar surface area (TPSA) is 64.6 Å². The second-order valence-electron chi connectivity index (χ2n) is 7.44. The van der Waals surface area contributed by atoms with Crippen molar-refractivity contribution in [2.24, 2.45) is 4.99 Å². The maximum Gasteiger partial charge on any atom is 0.194 e. The van der Waals surface area contributed by atoms with E-state index in [4.69, 9.17) is 23.9 Å². The van der Waals surface area contributed by atoms with Crippen LogP contribution in [0.3, 0.4) is 0 Å². The van der Waals surface area contributed by atoms with Gasteiger partial charge in [-0.05, 0) is 50.3 Å². The molecule has 0 bridgehead atoms. The normalized spacial score (nSPS) is 21.8. The number of hydrogen-bond acceptors (Lipinski definition) is 5. The number of aliphatic imine (C=N–C) groups is 1. The zero-order chi connectivity index (χ0) is 20.5. The number of guanidine groups is 1. The predicted octanol–water partition coefficient (Wildman–Crippen LogP) is 3.10. The van der Waals surface area contributed by atoms with Gasteiger partial charge in [0.05, 0.1) is 26.9 Å². The first-order valence-electron chi connectivity index (χ1n) is 10.7. The summed E-state index contributed by atoms with van der Waals surface area (Å²) in [5.74, 6) is 2.51. The Labute approximate surface area is 197 Å². The molecule has 170 valence electrons. The van der Waals surface area contributed by atoms with Gasteiger partial charge in [0, 0.05) is 32.8 Å². The van der Waals surface area contributed by atoms with Gasteiger partial charge in [0.1, 0.15) is 6.10 Å². The van der Waals surface area contributed by atoms with E-state index >= 15 is 0 Å². The van der Waals surface area contributed by atoms with Gasteiger partial charge < -0.3 is 29.2 Å². The van der Waals surface area contributed by atoms with Crippen molar-refractivity contribution in [1.29, 1.82) is 0 Å². The van der Waals surface area contributed by atoms with E-state index in [1.165, 1.54) is 5.56 Å². The zero-order valence-corrected chi connectivity index (χ0v) is 20.7. The lowest BCUT2D eigenvalue weighted by Gasteiger charge is -2.37. The van der Waals surface area contributed by atoms with Crippen molar-refractivity contribution >= 4 is 29.9 Å². The molecule has 30 heavy (non-hydrogen) atoms. The summed E-state index contributed by atoms with van der Waals surface area (Å²) in [6.45, 7) is 7.03. The predicted molar refractivity (Wildman–Crippen MR) is 130 cm³/mol. The molecule has 0 amide bonds. The molecule has 0 aliphatic carbocycles. The molecule has 2 aliphatic rings. The summed E-state index contributed by atoms with van der Waals surface area (Å²) in [6, 6.07) is 6.09. The number of hydrogen-bond donors (Lipinski definition) is 1. The summed E-state index contributed by atoms with van der Waals surface area (Å²) in [6.07, 6.45) is 4.52. The molecule has 2 saturated heterocycles. The first kappa shape index (κ1) is 25.0. The molecular formula is C22H36IN3O4. The van der Waals surface area contributed by atoms with Gasteiger partial charge in [-0.2, -0.15) is 0 Å². The first-order chi connectivity index (χ1) is 14.2. The number of morpholine rings is 1. The molecule has 2 fully saturated rings. The first-order valence-corrected chi connectivity index (χ1v) is 10.7. The van der Waals surface area contributed by atoms with E-state index in [2.05, 4.69) is 23.2 Å². The molecule has 3 rings (SSSR count). The number of methoxy groups -OCH3 is 2. The fourth-order valence-electron chi connectivity index (χ4n) is 3.92. The molecule has 2 heterocycles. The van der Waals surface area contributed by atoms with Crippen LogP contribution in [0.15, 0.2) is 23.2 Å². The van der Waals surface area contributed by atoms with E-state index in [-0.39, 0.29) is 36.2 Å². The number of rotatable bonds is 8. The van der Waals surface area contributed by atoms with Gasteiger partial charge >= 0.3 is 0 Å². The van der Waals surface area contributed by atoms with E-state index in [1.807, 2.05) is 12.1 Å². The van der Waals surface area contributed by atoms with Crippen molar-refractivity contribution < 1.29 is 18.9 Å². The van der Waals surface area contributed by atoms with Crippen LogP contribution in [0.4, 0.5) is 0 Å². The molecule has 2 unspecified atom stereocenters. The van der Waals surface area contributed by atoms with Gasteiger partial charge in [-0.1, -0.05) is 6.07 Å². The third-order valence-electron chi connectivity index (χ3n) is 5.44. The Morgan fingerprint density at radius 3 is 2.67 bits per heavy atom. The lowest BCUT2D eigenvalue weighted by atomic mass is 10.1. The summed E-state index contributed by atoms with van der Waals surface area (Å²) in [5, 5.41) is 3.44. The van der Waals surface area contributed by atoms with Crippen molar-refractivity contribution in [2.45, 2.75) is 44.8 Å². The monoisotopic (exact) mass is 533 g/mol. The van der Waals surface area contributed by atoms with E-state index in [0.29, 0.717) is 0 Å². The van der Waals surface area contributed by atoms with Crippen molar-refractivity contribution in [1.82, 2.24) is 10.2 Å². The number of nitrogens with one attached hydrogen (secondary N) is 1. The quantitative estimate of drug-likeness (QED) is 0.240. The molecule has 1 N–H and O–H groups in total. The Morgan fingerprint density at radius 2 is 1.97 bits per heavy atom. The molecule has 8 heteroatoms. The van der Waals surface area contributed by atoms with Crippen LogP contribution < -0.4 is 14.8 Å². The molecule has 7 nitrogen and oxygen atoms in total. The number of ether oxygens (including phenoxy) is 4. The lowest BCUT2D eigenvalue weighted by Crippen LogP contribution is -2.53. The summed E-state index contributed by atoms with van der Waals surface area (Å²) >= 11 is 0. The molecule has 0 aromatic heterocycles. The number of nitrogens with zero attached hydrogens (tertiary/aromatic N) is 2. The SMILES string of the molecule is CCNC(=NCCCc1ccc(OC)c(OC)c1)N1CCOC(C2CCCO2)C1.I. The van der Waals surface area contributed by atoms with Crippen LogP contribution in [-0.4, -0.2) is 76.7 Å². The molecule has 0 spiro atoms. The minimum absolute atomic E-state index is 0. The van der Waals surface area contributed by atoms with Crippen LogP contribution in [0.5, 0.6) is 11.5 Å². The number of aryl methyl sites for hydroxylation is 1. The average molecular weight is 533 g/mol. The Hall–Kier alpha value is -1.26. The summed E-state index contributed by atoms with van der Waals surface area (Å²) in [4.78, 5) is 7.18. The smallest absolute Gasteiger partial charge is 0.194 e. The summed E-state index contributed by atoms with van der Waals surface area (Å²) < 4.78 is 22.5. The number of benzene rings is 1. The second kappa shape index (κ2) is 13.2. The summed E-state index contributed by atoms with van der Waals surface area (Å²) in [7, 11) is 3.32. The number of halogens is 1. The average Bonchev–Trinajstić information content (AvgIpc) is 3.31. The molecule has 2 aliphatic heterocycles. The largest absolute Gasteiger partial charge is 0.493 e. The molecular weight excluding hydrogens is 497 g/mol. The Bertz CT molecular complexity index is 668. The van der Waals surface area contributed by atoms with Crippen molar-refractivity contribution in [2.75, 3.05) is 53.6 Å². The van der Waals surface area contributed by atoms with Crippen LogP contribution in [0.25, 0.3) is 0 Å². The van der Waals surface area contributed by atoms with Gasteiger partial charge in [0.25, 0.3) is 0 Å². The van der Waals surface area contributed by atoms with Crippen LogP contribution in [0.1, 0.15) is 31.7 Å². The maximum absolute atomic E-state index is 5.97. The lowest BCUT2D eigenvalue weighted by molar-refractivity contribution is -0.0817. The highest BCUT2D eigenvalue weighted by atomic mass is 127. The van der Waals surface area contributed by atoms with Crippen LogP contribution >= 0.6 is 24.0 Å². The molecule has 0 radical (unpaired) electrons. The van der Waals surface area contributed by atoms with Gasteiger partial charge in [0.15, 0.2) is 17.5 Å². The van der Waals surface area contributed by atoms with Gasteiger partial charge in [-0.25, -0.2) is 0 Å². The summed E-state index contributed by atoms with van der Waals surface area (Å²) in [5.41, 5.74) is 1.23. The Kier molecular flexibility index (Phi) is 11.0. The fraction of sp³-hybridized carbons (Fsp3) is 0.682. The van der Waals surface area contributed by atoms with E-state index in [9.17, 15) is 0 Å². The Balaban J connectivity index is 0.00000320. The highest BCUT2D eigenvalue weighted by Gasteiger charge is 2.32. The van der Waals surface area contributed by atoms with Crippen molar-refractivity contribution in [3.8, 4) is 11.5 Å². The highest BCUT2D eigenvalue weighted by Crippen LogP contribution is 2.28. The van der Waals surface area contributed by atoms with Gasteiger partial charge in [0.2, 0.25) is 0 Å². The molecule has 1 aromatic carbocycles. The van der Waals surface area contributed by atoms with Crippen molar-refractivity contribution in [3.63, 3.8) is 0 Å². The minimum atomic E-state index is 0. The third kappa shape index (κ3) is 6.88. The van der Waals surface area contributed by atoms with Crippen molar-refractivity contribution in [3.05, 3.63) is 23.8 Å². The highest BCUT2D eigenvalue weighted by molar-refractivity contribution is 14.0. The molecule has 0 saturated carbocycles. The second-order valence-corrected chi connectivity index (χ2v) is 7.44. The van der Waals surface area contributed by atoms with E-state index in [0.717, 1.165) is 82.5 Å². The van der Waals surface area contributed by atoms with Crippen LogP contribution in [0.2, 0.25) is 0 Å². The fourth-order valence-corrected chi connectivity index (χ4v) is 3.92. The van der Waals surface area contributed by atoms with Gasteiger partial charge in [-0.15, -0.1) is 24.0 Å². The standard InChI is InChI=1S/C22H35N3O4.HI/c1-4-23-22(25-12-14-29-21(16-25)19-8-6-13-28-19)24-11-5-7-17-9-10-18(26-2)20(15-17)27-3;/h9-10,15,19,21H,4-8,11-14,16H2,1-3H3,(H,23,24);1H. The molecule has 2 atom stereocenters. The minimum Gasteiger partial charge on any atom is -0.493 e. The van der Waals surface area contributed by atoms with Crippen LogP contribution in [-0.2, 0) is 15.9 Å². The zero-order valence-electron chi connectivity index (χ0n) is 18.4. The third-order valence-corrected chi connectivity index (χ3v) is 5.44. The van der Waals surface area contributed by atoms with Gasteiger partial charge in [-0.3, -0.25) is 4.99 Å². The Morgan fingerprint density at radius 1 is 1.17 bits per heavy atom.